The monoisotopic (exact) mass is 405 g/mol. The number of rotatable bonds is 7. The van der Waals surface area contributed by atoms with Crippen molar-refractivity contribution >= 4 is 39.4 Å². The number of halogens is 1. The molecule has 2 rings (SSSR count). The van der Waals surface area contributed by atoms with Crippen LogP contribution in [0.4, 0.5) is 0 Å². The van der Waals surface area contributed by atoms with Crippen molar-refractivity contribution in [3.63, 3.8) is 0 Å². The second kappa shape index (κ2) is 9.04. The van der Waals surface area contributed by atoms with Gasteiger partial charge in [0.25, 0.3) is 0 Å². The van der Waals surface area contributed by atoms with Crippen LogP contribution in [0, 0.1) is 0 Å². The second-order valence-corrected chi connectivity index (χ2v) is 7.72. The Morgan fingerprint density at radius 1 is 1.12 bits per heavy atom. The lowest BCUT2D eigenvalue weighted by atomic mass is 10.0. The fourth-order valence-corrected chi connectivity index (χ4v) is 3.76. The highest BCUT2D eigenvalue weighted by Crippen LogP contribution is 2.31. The highest BCUT2D eigenvalue weighted by Gasteiger charge is 2.17. The lowest BCUT2D eigenvalue weighted by Crippen LogP contribution is -2.22. The second-order valence-electron chi connectivity index (χ2n) is 5.48. The van der Waals surface area contributed by atoms with E-state index in [4.69, 9.17) is 0 Å². The summed E-state index contributed by atoms with van der Waals surface area (Å²) in [6, 6.07) is 15.5. The summed E-state index contributed by atoms with van der Waals surface area (Å²) in [6.45, 7) is 4.04. The molecule has 3 nitrogen and oxygen atoms in total. The molecular weight excluding hydrogens is 386 g/mol. The molecule has 1 N–H and O–H groups in total. The zero-order valence-corrected chi connectivity index (χ0v) is 16.1. The van der Waals surface area contributed by atoms with Crippen molar-refractivity contribution < 1.29 is 9.59 Å². The van der Waals surface area contributed by atoms with Crippen LogP contribution < -0.4 is 5.32 Å². The van der Waals surface area contributed by atoms with Gasteiger partial charge in [-0.1, -0.05) is 36.4 Å². The van der Waals surface area contributed by atoms with Crippen LogP contribution in [0.25, 0.3) is 0 Å². The molecule has 5 heteroatoms. The first-order valence-corrected chi connectivity index (χ1v) is 9.43. The molecule has 0 saturated heterocycles. The van der Waals surface area contributed by atoms with E-state index in [0.717, 1.165) is 21.4 Å². The van der Waals surface area contributed by atoms with Gasteiger partial charge in [0, 0.05) is 28.4 Å². The maximum atomic E-state index is 12.6. The molecule has 2 aromatic carbocycles. The van der Waals surface area contributed by atoms with Gasteiger partial charge in [0.15, 0.2) is 5.78 Å². The predicted molar refractivity (Wildman–Crippen MR) is 103 cm³/mol. The van der Waals surface area contributed by atoms with Crippen LogP contribution in [0.15, 0.2) is 57.9 Å². The van der Waals surface area contributed by atoms with Gasteiger partial charge in [-0.3, -0.25) is 9.59 Å². The van der Waals surface area contributed by atoms with Gasteiger partial charge in [0.2, 0.25) is 5.91 Å². The van der Waals surface area contributed by atoms with Gasteiger partial charge in [-0.2, -0.15) is 0 Å². The maximum Gasteiger partial charge on any atom is 0.216 e. The van der Waals surface area contributed by atoms with Crippen LogP contribution in [-0.2, 0) is 11.2 Å². The lowest BCUT2D eigenvalue weighted by molar-refractivity contribution is -0.118. The van der Waals surface area contributed by atoms with E-state index < -0.39 is 0 Å². The number of thioether (sulfide) groups is 1. The summed E-state index contributed by atoms with van der Waals surface area (Å²) in [7, 11) is 0. The third kappa shape index (κ3) is 5.49. The first-order chi connectivity index (χ1) is 11.5. The summed E-state index contributed by atoms with van der Waals surface area (Å²) >= 11 is 5.06. The van der Waals surface area contributed by atoms with Crippen LogP contribution >= 0.6 is 27.7 Å². The van der Waals surface area contributed by atoms with Gasteiger partial charge in [0.1, 0.15) is 0 Å². The molecule has 1 unspecified atom stereocenters. The average Bonchev–Trinajstić information content (AvgIpc) is 2.56. The molecule has 1 amide bonds. The topological polar surface area (TPSA) is 46.2 Å². The number of carbonyl (C=O) groups is 2. The minimum absolute atomic E-state index is 0.0280. The van der Waals surface area contributed by atoms with Crippen molar-refractivity contribution in [1.82, 2.24) is 5.32 Å². The molecule has 0 aromatic heterocycles. The van der Waals surface area contributed by atoms with E-state index in [9.17, 15) is 9.59 Å². The van der Waals surface area contributed by atoms with E-state index in [2.05, 4.69) is 21.2 Å². The Labute approximate surface area is 155 Å². The molecule has 126 valence electrons. The number of hydrogen-bond donors (Lipinski definition) is 1. The molecule has 0 fully saturated rings. The molecule has 0 heterocycles. The van der Waals surface area contributed by atoms with Crippen molar-refractivity contribution in [3.8, 4) is 0 Å². The van der Waals surface area contributed by atoms with Gasteiger partial charge >= 0.3 is 0 Å². The third-order valence-corrected chi connectivity index (χ3v) is 5.67. The van der Waals surface area contributed by atoms with Gasteiger partial charge in [-0.05, 0) is 47.0 Å². The van der Waals surface area contributed by atoms with Gasteiger partial charge in [0.05, 0.1) is 5.25 Å². The molecular formula is C19H20BrNO2S. The highest BCUT2D eigenvalue weighted by atomic mass is 79.9. The molecule has 1 atom stereocenters. The molecule has 0 aliphatic heterocycles. The number of ketones is 1. The third-order valence-electron chi connectivity index (χ3n) is 3.54. The molecule has 0 aliphatic carbocycles. The van der Waals surface area contributed by atoms with Crippen LogP contribution in [0.1, 0.15) is 29.8 Å². The van der Waals surface area contributed by atoms with E-state index in [0.29, 0.717) is 12.1 Å². The van der Waals surface area contributed by atoms with Gasteiger partial charge < -0.3 is 5.32 Å². The number of Topliss-reactive ketones (excluding diaryl/α,β-unsaturated/α-hetero) is 1. The number of amides is 1. The summed E-state index contributed by atoms with van der Waals surface area (Å²) in [5.74, 6) is 0.0869. The first-order valence-electron chi connectivity index (χ1n) is 7.76. The number of carbonyl (C=O) groups excluding carboxylic acids is 2. The summed E-state index contributed by atoms with van der Waals surface area (Å²) in [5.41, 5.74) is 1.82. The Bertz CT molecular complexity index is 716. The Morgan fingerprint density at radius 3 is 2.42 bits per heavy atom. The van der Waals surface area contributed by atoms with Crippen molar-refractivity contribution in [2.45, 2.75) is 30.4 Å². The van der Waals surface area contributed by atoms with E-state index in [-0.39, 0.29) is 16.9 Å². The zero-order valence-electron chi connectivity index (χ0n) is 13.7. The summed E-state index contributed by atoms with van der Waals surface area (Å²) in [5, 5.41) is 2.61. The normalized spacial score (nSPS) is 11.8. The smallest absolute Gasteiger partial charge is 0.216 e. The summed E-state index contributed by atoms with van der Waals surface area (Å²) in [4.78, 5) is 24.5. The van der Waals surface area contributed by atoms with E-state index >= 15 is 0 Å². The average molecular weight is 406 g/mol. The lowest BCUT2D eigenvalue weighted by Gasteiger charge is -2.12. The fourth-order valence-electron chi connectivity index (χ4n) is 2.24. The van der Waals surface area contributed by atoms with Crippen molar-refractivity contribution in [2.24, 2.45) is 0 Å². The van der Waals surface area contributed by atoms with Crippen molar-refractivity contribution in [2.75, 3.05) is 6.54 Å². The van der Waals surface area contributed by atoms with Crippen molar-refractivity contribution in [1.29, 1.82) is 0 Å². The Balaban J connectivity index is 1.96. The summed E-state index contributed by atoms with van der Waals surface area (Å²) in [6.07, 6.45) is 0.759. The molecule has 2 aromatic rings. The quantitative estimate of drug-likeness (QED) is 0.544. The van der Waals surface area contributed by atoms with Crippen LogP contribution in [0.3, 0.4) is 0 Å². The molecule has 0 bridgehead atoms. The highest BCUT2D eigenvalue weighted by molar-refractivity contribution is 9.10. The Morgan fingerprint density at radius 2 is 1.79 bits per heavy atom. The van der Waals surface area contributed by atoms with E-state index in [1.165, 1.54) is 6.92 Å². The Kier molecular flexibility index (Phi) is 7.06. The predicted octanol–water partition coefficient (Wildman–Crippen LogP) is 4.49. The van der Waals surface area contributed by atoms with Gasteiger partial charge in [-0.15, -0.1) is 11.8 Å². The SMILES string of the molecule is CC(=O)NCCc1ccc(C(=O)C(C)Sc2ccccc2Br)cc1. The first kappa shape index (κ1) is 18.7. The van der Waals surface area contributed by atoms with Crippen LogP contribution in [0.2, 0.25) is 0 Å². The van der Waals surface area contributed by atoms with Crippen LogP contribution in [0.5, 0.6) is 0 Å². The van der Waals surface area contributed by atoms with Gasteiger partial charge in [-0.25, -0.2) is 0 Å². The molecule has 0 saturated carbocycles. The Hall–Kier alpha value is -1.59. The molecule has 0 spiro atoms. The van der Waals surface area contributed by atoms with Crippen LogP contribution in [-0.4, -0.2) is 23.5 Å². The molecule has 0 radical (unpaired) electrons. The molecule has 24 heavy (non-hydrogen) atoms. The number of benzene rings is 2. The minimum Gasteiger partial charge on any atom is -0.356 e. The number of hydrogen-bond acceptors (Lipinski definition) is 3. The zero-order chi connectivity index (χ0) is 17.5. The van der Waals surface area contributed by atoms with E-state index in [1.54, 1.807) is 11.8 Å². The minimum atomic E-state index is -0.158. The number of nitrogens with one attached hydrogen (secondary N) is 1. The largest absolute Gasteiger partial charge is 0.356 e. The maximum absolute atomic E-state index is 12.6. The fraction of sp³-hybridized carbons (Fsp3) is 0.263. The van der Waals surface area contributed by atoms with E-state index in [1.807, 2.05) is 55.5 Å². The summed E-state index contributed by atoms with van der Waals surface area (Å²) < 4.78 is 1.00. The standard InChI is InChI=1S/C19H20BrNO2S/c1-13(24-18-6-4-3-5-17(18)20)19(23)16-9-7-15(8-10-16)11-12-21-14(2)22/h3-10,13H,11-12H2,1-2H3,(H,21,22). The van der Waals surface area contributed by atoms with Crippen molar-refractivity contribution in [3.05, 3.63) is 64.1 Å². The molecule has 0 aliphatic rings.